The third kappa shape index (κ3) is 7.40. The van der Waals surface area contributed by atoms with Gasteiger partial charge in [-0.05, 0) is 49.2 Å². The third-order valence-corrected chi connectivity index (χ3v) is 4.72. The van der Waals surface area contributed by atoms with Crippen molar-refractivity contribution in [3.8, 4) is 5.75 Å². The summed E-state index contributed by atoms with van der Waals surface area (Å²) in [4.78, 5) is 35.7. The minimum Gasteiger partial charge on any atom is -0.506 e. The summed E-state index contributed by atoms with van der Waals surface area (Å²) in [7, 11) is -1.00. The molecule has 2 unspecified atom stereocenters. The van der Waals surface area contributed by atoms with Gasteiger partial charge in [-0.2, -0.15) is 0 Å². The number of phenols is 1. The van der Waals surface area contributed by atoms with Gasteiger partial charge in [-0.25, -0.2) is 4.79 Å². The Morgan fingerprint density at radius 1 is 1.10 bits per heavy atom. The zero-order chi connectivity index (χ0) is 23.7. The number of nitrogens with two attached hydrogens (primary N) is 1. The van der Waals surface area contributed by atoms with Crippen molar-refractivity contribution in [1.82, 2.24) is 4.98 Å². The zero-order valence-corrected chi connectivity index (χ0v) is 17.4. The van der Waals surface area contributed by atoms with Gasteiger partial charge in [0.2, 0.25) is 0 Å². The predicted octanol–water partition coefficient (Wildman–Crippen LogP) is 4.70. The Kier molecular flexibility index (Phi) is 10.2. The van der Waals surface area contributed by atoms with Crippen molar-refractivity contribution in [1.29, 1.82) is 0 Å². The van der Waals surface area contributed by atoms with Gasteiger partial charge in [0, 0.05) is 11.8 Å². The minimum absolute atomic E-state index is 0. The molecule has 0 radical (unpaired) electrons. The number of Topliss-reactive ketones (excluding diaryl/α,β-unsaturated/α-hetero) is 2. The van der Waals surface area contributed by atoms with Crippen LogP contribution in [0.2, 0.25) is 0 Å². The molecule has 0 amide bonds. The number of rotatable bonds is 4. The van der Waals surface area contributed by atoms with Gasteiger partial charge in [0.15, 0.2) is 5.58 Å². The quantitative estimate of drug-likeness (QED) is 0.403. The van der Waals surface area contributed by atoms with Gasteiger partial charge in [0.1, 0.15) is 17.3 Å². The highest BCUT2D eigenvalue weighted by atomic mass is 19.1. The molecule has 3 aromatic rings. The lowest BCUT2D eigenvalue weighted by molar-refractivity contribution is -0.118. The van der Waals surface area contributed by atoms with Crippen LogP contribution < -0.4 is 11.5 Å². The number of hydrogen-bond acceptors (Lipinski definition) is 6. The van der Waals surface area contributed by atoms with Crippen molar-refractivity contribution in [3.05, 3.63) is 58.1 Å². The number of aromatic hydroxyl groups is 1. The second-order valence-electron chi connectivity index (χ2n) is 6.75. The van der Waals surface area contributed by atoms with Crippen LogP contribution in [-0.4, -0.2) is 28.8 Å². The van der Waals surface area contributed by atoms with E-state index in [1.807, 2.05) is 13.0 Å². The summed E-state index contributed by atoms with van der Waals surface area (Å²) in [6, 6.07) is 10.2. The van der Waals surface area contributed by atoms with Crippen molar-refractivity contribution in [3.63, 3.8) is 0 Å². The van der Waals surface area contributed by atoms with Crippen LogP contribution in [0.3, 0.4) is 0 Å². The molecule has 0 bridgehead atoms. The first-order chi connectivity index (χ1) is 14.5. The van der Waals surface area contributed by atoms with Gasteiger partial charge in [-0.15, -0.1) is 0 Å². The number of fused-ring (bicyclic) bond motifs is 1. The predicted molar refractivity (Wildman–Crippen MR) is 121 cm³/mol. The first-order valence-corrected chi connectivity index (χ1v) is 9.09. The molecule has 0 saturated heterocycles. The van der Waals surface area contributed by atoms with Crippen LogP contribution in [0.25, 0.3) is 11.1 Å². The summed E-state index contributed by atoms with van der Waals surface area (Å²) in [5.74, 6) is -0.638. The number of oxazole rings is 1. The fraction of sp³-hybridized carbons (Fsp3) is 0.348. The number of halogens is 1. The molecule has 1 heterocycles. The number of ketones is 2. The maximum absolute atomic E-state index is 11.2. The standard InChI is InChI=1S/C11H11NO3.C10H13NO2.CH3F.CH4/c1-6(7(2)13)8-3-4-9-10(5-8)15-11(14)12-9;1-6(7(2)12)8-3-4-9(11)10(13)5-8;1-2;/h3-6H,1-2H3,(H,12,14);3-6,13H,11H2,1-2H3;1H3;1H4/i;;1D;. The van der Waals surface area contributed by atoms with E-state index in [1.54, 1.807) is 38.1 Å². The third-order valence-electron chi connectivity index (χ3n) is 4.72. The summed E-state index contributed by atoms with van der Waals surface area (Å²) in [5, 5.41) is 9.29. The monoisotopic (exact) mass is 435 g/mol. The number of carbonyl (C=O) groups excluding carboxylic acids is 2. The van der Waals surface area contributed by atoms with Gasteiger partial charge in [0.25, 0.3) is 0 Å². The molecule has 0 spiro atoms. The van der Waals surface area contributed by atoms with Crippen molar-refractivity contribution in [2.24, 2.45) is 0 Å². The minimum atomic E-state index is -1.00. The highest BCUT2D eigenvalue weighted by Gasteiger charge is 2.12. The number of aromatic nitrogens is 1. The Balaban J connectivity index is 0.000000525. The molecule has 2 atom stereocenters. The van der Waals surface area contributed by atoms with Crippen molar-refractivity contribution in [2.75, 3.05) is 12.9 Å². The first-order valence-electron chi connectivity index (χ1n) is 9.79. The number of phenolic OH excluding ortho intramolecular Hbond substituents is 1. The number of nitrogen functional groups attached to an aromatic ring is 1. The molecule has 0 saturated carbocycles. The molecule has 31 heavy (non-hydrogen) atoms. The zero-order valence-electron chi connectivity index (χ0n) is 18.4. The van der Waals surface area contributed by atoms with E-state index in [0.717, 1.165) is 11.1 Å². The lowest BCUT2D eigenvalue weighted by Crippen LogP contribution is -2.04. The highest BCUT2D eigenvalue weighted by Crippen LogP contribution is 2.25. The highest BCUT2D eigenvalue weighted by molar-refractivity contribution is 5.84. The topological polar surface area (TPSA) is 126 Å². The molecular weight excluding hydrogens is 403 g/mol. The average Bonchev–Trinajstić information content (AvgIpc) is 3.09. The number of aromatic amines is 1. The molecule has 0 fully saturated rings. The second-order valence-corrected chi connectivity index (χ2v) is 6.75. The van der Waals surface area contributed by atoms with E-state index >= 15 is 0 Å². The summed E-state index contributed by atoms with van der Waals surface area (Å²) >= 11 is 0. The van der Waals surface area contributed by atoms with Crippen LogP contribution in [0.5, 0.6) is 5.75 Å². The number of carbonyl (C=O) groups is 2. The van der Waals surface area contributed by atoms with Gasteiger partial charge in [0.05, 0.1) is 19.7 Å². The lowest BCUT2D eigenvalue weighted by atomic mass is 9.97. The van der Waals surface area contributed by atoms with E-state index < -0.39 is 12.9 Å². The number of benzene rings is 2. The Labute approximate surface area is 182 Å². The second kappa shape index (κ2) is 12.3. The molecular formula is C23H31FN2O5. The molecule has 0 aliphatic carbocycles. The average molecular weight is 436 g/mol. The summed E-state index contributed by atoms with van der Waals surface area (Å²) in [6.45, 7) is 6.70. The Hall–Kier alpha value is -3.42. The van der Waals surface area contributed by atoms with E-state index in [0.29, 0.717) is 16.8 Å². The fourth-order valence-corrected chi connectivity index (χ4v) is 2.53. The molecule has 0 aliphatic heterocycles. The summed E-state index contributed by atoms with van der Waals surface area (Å²) in [6.07, 6.45) is 0. The van der Waals surface area contributed by atoms with E-state index in [1.165, 1.54) is 13.0 Å². The van der Waals surface area contributed by atoms with Crippen LogP contribution in [-0.2, 0) is 9.59 Å². The van der Waals surface area contributed by atoms with E-state index in [9.17, 15) is 23.9 Å². The first kappa shape index (κ1) is 25.6. The van der Waals surface area contributed by atoms with Crippen molar-refractivity contribution >= 4 is 28.4 Å². The van der Waals surface area contributed by atoms with Crippen LogP contribution >= 0.6 is 0 Å². The van der Waals surface area contributed by atoms with E-state index in [4.69, 9.17) is 11.5 Å². The Morgan fingerprint density at radius 3 is 2.06 bits per heavy atom. The SMILES string of the molecule is C.CC(=O)C(C)c1ccc(N)c(O)c1.CC(=O)C(C)c1ccc2[nH]c(=O)oc2c1.[2H]CF. The van der Waals surface area contributed by atoms with Crippen LogP contribution in [0.15, 0.2) is 45.6 Å². The van der Waals surface area contributed by atoms with Crippen molar-refractivity contribution in [2.45, 2.75) is 47.0 Å². The molecule has 4 N–H and O–H groups in total. The maximum Gasteiger partial charge on any atom is 0.417 e. The van der Waals surface area contributed by atoms with E-state index in [2.05, 4.69) is 4.98 Å². The molecule has 0 aliphatic rings. The molecule has 1 aromatic heterocycles. The Bertz CT molecular complexity index is 1090. The Morgan fingerprint density at radius 2 is 1.58 bits per heavy atom. The molecule has 8 heteroatoms. The lowest BCUT2D eigenvalue weighted by Gasteiger charge is -2.08. The summed E-state index contributed by atoms with van der Waals surface area (Å²) < 4.78 is 20.4. The number of anilines is 1. The summed E-state index contributed by atoms with van der Waals surface area (Å²) in [5.41, 5.74) is 8.56. The van der Waals surface area contributed by atoms with E-state index in [-0.39, 0.29) is 36.6 Å². The maximum atomic E-state index is 11.2. The number of hydrogen-bond donors (Lipinski definition) is 3. The van der Waals surface area contributed by atoms with Crippen LogP contribution in [0.4, 0.5) is 10.1 Å². The normalized spacial score (nSPS) is 12.1. The molecule has 7 nitrogen and oxygen atoms in total. The largest absolute Gasteiger partial charge is 0.506 e. The van der Waals surface area contributed by atoms with Gasteiger partial charge in [-0.1, -0.05) is 33.4 Å². The number of alkyl halides is 1. The van der Waals surface area contributed by atoms with Crippen LogP contribution in [0, 0.1) is 0 Å². The smallest absolute Gasteiger partial charge is 0.417 e. The van der Waals surface area contributed by atoms with Gasteiger partial charge in [-0.3, -0.25) is 19.0 Å². The number of nitrogens with one attached hydrogen (secondary N) is 1. The van der Waals surface area contributed by atoms with Gasteiger partial charge < -0.3 is 15.3 Å². The fourth-order valence-electron chi connectivity index (χ4n) is 2.53. The van der Waals surface area contributed by atoms with Gasteiger partial charge >= 0.3 is 5.76 Å². The molecule has 3 rings (SSSR count). The number of H-pyrrole nitrogens is 1. The van der Waals surface area contributed by atoms with Crippen molar-refractivity contribution < 1.29 is 24.9 Å². The van der Waals surface area contributed by atoms with Crippen LogP contribution in [0.1, 0.15) is 59.5 Å². The molecule has 2 aromatic carbocycles. The molecule has 170 valence electrons.